The summed E-state index contributed by atoms with van der Waals surface area (Å²) in [5.41, 5.74) is 12.3. The van der Waals surface area contributed by atoms with Crippen molar-refractivity contribution in [2.75, 3.05) is 43.9 Å². The van der Waals surface area contributed by atoms with E-state index in [1.165, 1.54) is 6.20 Å². The summed E-state index contributed by atoms with van der Waals surface area (Å²) in [6.45, 7) is 2.39. The molecular formula is C43H49IN10O5. The van der Waals surface area contributed by atoms with E-state index < -0.39 is 6.04 Å². The molecule has 1 atom stereocenters. The number of nitrogens with two attached hydrogens (primary N) is 1. The second-order valence-electron chi connectivity index (χ2n) is 14.7. The van der Waals surface area contributed by atoms with Crippen LogP contribution in [0.2, 0.25) is 0 Å². The van der Waals surface area contributed by atoms with Crippen LogP contribution in [0.15, 0.2) is 85.1 Å². The first-order valence-corrected chi connectivity index (χ1v) is 20.7. The molecule has 0 unspecified atom stereocenters. The second-order valence-corrected chi connectivity index (χ2v) is 15.8. The first kappa shape index (κ1) is 42.9. The molecule has 15 nitrogen and oxygen atoms in total. The van der Waals surface area contributed by atoms with Gasteiger partial charge < -0.3 is 36.6 Å². The number of benzene rings is 3. The number of phenolic OH excluding ortho intramolecular Hbond substituents is 1. The Bertz CT molecular complexity index is 2280. The summed E-state index contributed by atoms with van der Waals surface area (Å²) in [5.74, 6) is -0.251. The number of aromatic nitrogens is 4. The summed E-state index contributed by atoms with van der Waals surface area (Å²) >= 11 is 2.04. The average Bonchev–Trinajstić information content (AvgIpc) is 3.64. The van der Waals surface area contributed by atoms with Gasteiger partial charge in [0.1, 0.15) is 17.3 Å². The first-order valence-electron chi connectivity index (χ1n) is 19.6. The number of phenols is 1. The molecule has 308 valence electrons. The van der Waals surface area contributed by atoms with Crippen molar-refractivity contribution in [3.63, 3.8) is 0 Å². The van der Waals surface area contributed by atoms with Gasteiger partial charge >= 0.3 is 0 Å². The number of pyridine rings is 1. The van der Waals surface area contributed by atoms with E-state index in [2.05, 4.69) is 31.2 Å². The van der Waals surface area contributed by atoms with Crippen LogP contribution in [-0.4, -0.2) is 93.4 Å². The largest absolute Gasteiger partial charge is 0.507 e. The van der Waals surface area contributed by atoms with Crippen molar-refractivity contribution in [3.8, 4) is 28.3 Å². The molecular weight excluding hydrogens is 863 g/mol. The van der Waals surface area contributed by atoms with Gasteiger partial charge in [-0.3, -0.25) is 19.2 Å². The highest BCUT2D eigenvalue weighted by atomic mass is 127. The van der Waals surface area contributed by atoms with E-state index in [9.17, 15) is 24.3 Å². The molecule has 0 bridgehead atoms. The minimum absolute atomic E-state index is 0.0719. The zero-order valence-electron chi connectivity index (χ0n) is 33.2. The van der Waals surface area contributed by atoms with Crippen molar-refractivity contribution in [2.45, 2.75) is 57.7 Å². The molecule has 59 heavy (non-hydrogen) atoms. The van der Waals surface area contributed by atoms with Crippen LogP contribution in [-0.2, 0) is 33.9 Å². The van der Waals surface area contributed by atoms with E-state index in [0.717, 1.165) is 40.2 Å². The lowest BCUT2D eigenvalue weighted by molar-refractivity contribution is -0.122. The van der Waals surface area contributed by atoms with Gasteiger partial charge in [-0.2, -0.15) is 0 Å². The number of halogens is 1. The predicted molar refractivity (Wildman–Crippen MR) is 234 cm³/mol. The number of fused-ring (bicyclic) bond motifs is 5. The van der Waals surface area contributed by atoms with Gasteiger partial charge in [-0.05, 0) is 104 Å². The standard InChI is InChI=1S/C43H49IN10O5/c1-52(2)23-21-47-42(58)29-17-19-37(48-26-29)49-38(56)14-7-8-15-39(57)53-27-30-10-3-4-11-31(30)40-41(32-12-5-6-13-35(32)53)54(51-50-40)22-9-20-46-43(59)34(45)25-28-16-18-36(55)33(44)24-28/h3-6,10-13,16-19,24,26,34,55H,7-9,14-15,20-23,25,27,45H2,1-2H3,(H,46,59)(H,47,58)(H,48,49,56)/t34-/m0/s1. The number of aromatic hydroxyl groups is 1. The lowest BCUT2D eigenvalue weighted by Crippen LogP contribution is -2.42. The number of aryl methyl sites for hydroxylation is 1. The van der Waals surface area contributed by atoms with E-state index in [-0.39, 0.29) is 42.2 Å². The number of para-hydroxylation sites is 1. The summed E-state index contributed by atoms with van der Waals surface area (Å²) in [7, 11) is 3.86. The quantitative estimate of drug-likeness (QED) is 0.0642. The van der Waals surface area contributed by atoms with Gasteiger partial charge in [0, 0.05) is 56.3 Å². The lowest BCUT2D eigenvalue weighted by Gasteiger charge is -2.29. The molecule has 1 aliphatic rings. The fraction of sp³-hybridized carbons (Fsp3) is 0.326. The number of nitrogens with one attached hydrogen (secondary N) is 3. The van der Waals surface area contributed by atoms with Crippen molar-refractivity contribution >= 4 is 57.7 Å². The minimum atomic E-state index is -0.744. The zero-order chi connectivity index (χ0) is 41.9. The van der Waals surface area contributed by atoms with Crippen LogP contribution in [0, 0.1) is 3.57 Å². The number of hydrogen-bond acceptors (Lipinski definition) is 10. The van der Waals surface area contributed by atoms with Gasteiger partial charge in [0.15, 0.2) is 0 Å². The van der Waals surface area contributed by atoms with Crippen LogP contribution < -0.4 is 26.6 Å². The second kappa shape index (κ2) is 20.3. The number of nitrogens with zero attached hydrogens (tertiary/aromatic N) is 6. The first-order chi connectivity index (χ1) is 28.5. The minimum Gasteiger partial charge on any atom is -0.507 e. The molecule has 0 saturated carbocycles. The fourth-order valence-corrected chi connectivity index (χ4v) is 7.37. The lowest BCUT2D eigenvalue weighted by atomic mass is 9.95. The average molecular weight is 913 g/mol. The number of hydrogen-bond donors (Lipinski definition) is 5. The Balaban J connectivity index is 1.06. The Morgan fingerprint density at radius 3 is 2.44 bits per heavy atom. The summed E-state index contributed by atoms with van der Waals surface area (Å²) < 4.78 is 2.52. The Morgan fingerprint density at radius 1 is 0.915 bits per heavy atom. The van der Waals surface area contributed by atoms with Gasteiger partial charge in [0.2, 0.25) is 17.7 Å². The molecule has 5 aromatic rings. The fourth-order valence-electron chi connectivity index (χ4n) is 6.79. The number of unbranched alkanes of at least 4 members (excludes halogenated alkanes) is 1. The molecule has 0 radical (unpaired) electrons. The normalized spacial score (nSPS) is 12.4. The van der Waals surface area contributed by atoms with Gasteiger partial charge in [-0.25, -0.2) is 9.67 Å². The molecule has 2 aromatic heterocycles. The Kier molecular flexibility index (Phi) is 14.8. The number of likely N-dealkylation sites (N-methyl/N-ethyl adjacent to an activating group) is 1. The van der Waals surface area contributed by atoms with E-state index >= 15 is 0 Å². The topological polar surface area (TPSA) is 201 Å². The maximum absolute atomic E-state index is 14.0. The Hall–Kier alpha value is -5.72. The molecule has 6 N–H and O–H groups in total. The smallest absolute Gasteiger partial charge is 0.252 e. The van der Waals surface area contributed by atoms with Gasteiger partial charge in [0.05, 0.1) is 33.1 Å². The summed E-state index contributed by atoms with van der Waals surface area (Å²) in [6, 6.07) is 23.2. The number of carbonyl (C=O) groups excluding carboxylic acids is 4. The van der Waals surface area contributed by atoms with Crippen molar-refractivity contribution < 1.29 is 24.3 Å². The van der Waals surface area contributed by atoms with E-state index in [4.69, 9.17) is 5.73 Å². The van der Waals surface area contributed by atoms with E-state index in [1.54, 1.807) is 29.2 Å². The van der Waals surface area contributed by atoms with Gasteiger partial charge in [-0.15, -0.1) is 5.10 Å². The molecule has 3 heterocycles. The van der Waals surface area contributed by atoms with Crippen molar-refractivity contribution in [2.24, 2.45) is 5.73 Å². The SMILES string of the molecule is CN(C)CCNC(=O)c1ccc(NC(=O)CCCCC(=O)N2Cc3ccccc3-c3nnn(CCCNC(=O)[C@@H](N)Cc4ccc(O)c(I)c4)c3-c3ccccc32)nc1. The maximum atomic E-state index is 14.0. The summed E-state index contributed by atoms with van der Waals surface area (Å²) in [5, 5.41) is 27.5. The van der Waals surface area contributed by atoms with E-state index in [0.29, 0.717) is 72.5 Å². The van der Waals surface area contributed by atoms with Crippen molar-refractivity contribution in [3.05, 3.63) is 105 Å². The number of carbonyl (C=O) groups is 4. The Morgan fingerprint density at radius 2 is 1.68 bits per heavy atom. The van der Waals surface area contributed by atoms with Gasteiger partial charge in [-0.1, -0.05) is 53.7 Å². The van der Waals surface area contributed by atoms with Crippen molar-refractivity contribution in [1.82, 2.24) is 35.5 Å². The Labute approximate surface area is 356 Å². The highest BCUT2D eigenvalue weighted by Gasteiger charge is 2.29. The number of anilines is 2. The van der Waals surface area contributed by atoms with Gasteiger partial charge in [0.25, 0.3) is 5.91 Å². The molecule has 0 saturated heterocycles. The monoisotopic (exact) mass is 912 g/mol. The van der Waals surface area contributed by atoms with Crippen LogP contribution in [0.4, 0.5) is 11.5 Å². The van der Waals surface area contributed by atoms with Crippen LogP contribution >= 0.6 is 22.6 Å². The van der Waals surface area contributed by atoms with Crippen LogP contribution in [0.5, 0.6) is 5.75 Å². The molecule has 0 spiro atoms. The third-order valence-electron chi connectivity index (χ3n) is 9.92. The molecule has 16 heteroatoms. The number of rotatable bonds is 17. The molecule has 1 aliphatic heterocycles. The van der Waals surface area contributed by atoms with Crippen LogP contribution in [0.25, 0.3) is 22.5 Å². The molecule has 0 aliphatic carbocycles. The number of amides is 4. The third kappa shape index (κ3) is 11.3. The van der Waals surface area contributed by atoms with Crippen LogP contribution in [0.1, 0.15) is 53.6 Å². The van der Waals surface area contributed by atoms with E-state index in [1.807, 2.05) is 101 Å². The molecule has 4 amide bonds. The zero-order valence-corrected chi connectivity index (χ0v) is 35.3. The summed E-state index contributed by atoms with van der Waals surface area (Å²) in [4.78, 5) is 60.0. The highest BCUT2D eigenvalue weighted by Crippen LogP contribution is 2.41. The third-order valence-corrected chi connectivity index (χ3v) is 10.8. The molecule has 6 rings (SSSR count). The van der Waals surface area contributed by atoms with Crippen LogP contribution in [0.3, 0.4) is 0 Å². The molecule has 3 aromatic carbocycles. The predicted octanol–water partition coefficient (Wildman–Crippen LogP) is 4.73. The van der Waals surface area contributed by atoms with Crippen molar-refractivity contribution in [1.29, 1.82) is 0 Å². The summed E-state index contributed by atoms with van der Waals surface area (Å²) in [6.07, 6.45) is 3.77. The maximum Gasteiger partial charge on any atom is 0.252 e. The highest BCUT2D eigenvalue weighted by molar-refractivity contribution is 14.1. The molecule has 0 fully saturated rings.